The van der Waals surface area contributed by atoms with Gasteiger partial charge in [-0.2, -0.15) is 0 Å². The van der Waals surface area contributed by atoms with Crippen LogP contribution in [0.4, 0.5) is 0 Å². The lowest BCUT2D eigenvalue weighted by atomic mass is 9.86. The van der Waals surface area contributed by atoms with Gasteiger partial charge in [0.05, 0.1) is 0 Å². The van der Waals surface area contributed by atoms with Gasteiger partial charge in [-0.1, -0.05) is 0 Å². The van der Waals surface area contributed by atoms with Crippen molar-refractivity contribution in [2.45, 2.75) is 71.0 Å². The summed E-state index contributed by atoms with van der Waals surface area (Å²) < 4.78 is 5.69. The van der Waals surface area contributed by atoms with Crippen molar-refractivity contribution in [1.82, 2.24) is 4.90 Å². The Morgan fingerprint density at radius 3 is 2.48 bits per heavy atom. The summed E-state index contributed by atoms with van der Waals surface area (Å²) >= 11 is 0. The van der Waals surface area contributed by atoms with Crippen molar-refractivity contribution in [3.05, 3.63) is 23.2 Å². The van der Waals surface area contributed by atoms with E-state index in [9.17, 15) is 4.79 Å². The minimum absolute atomic E-state index is 0.332. The van der Waals surface area contributed by atoms with Crippen LogP contribution in [0.3, 0.4) is 0 Å². The Kier molecular flexibility index (Phi) is 3.82. The molecule has 2 aliphatic heterocycles. The van der Waals surface area contributed by atoms with Crippen LogP contribution in [-0.2, 0) is 4.79 Å². The number of hydrogen-bond donors (Lipinski definition) is 1. The fourth-order valence-corrected chi connectivity index (χ4v) is 4.60. The van der Waals surface area contributed by atoms with E-state index in [4.69, 9.17) is 9.52 Å². The van der Waals surface area contributed by atoms with Gasteiger partial charge in [-0.25, -0.2) is 0 Å². The molecular weight excluding hydrogens is 266 g/mol. The van der Waals surface area contributed by atoms with E-state index >= 15 is 0 Å². The van der Waals surface area contributed by atoms with Crippen molar-refractivity contribution < 1.29 is 14.3 Å². The molecule has 0 radical (unpaired) electrons. The summed E-state index contributed by atoms with van der Waals surface area (Å²) in [6, 6.07) is 3.60. The van der Waals surface area contributed by atoms with E-state index in [1.165, 1.54) is 18.4 Å². The van der Waals surface area contributed by atoms with Gasteiger partial charge in [-0.3, -0.25) is 9.69 Å². The number of hydrogen-bond acceptors (Lipinski definition) is 3. The predicted octanol–water partition coefficient (Wildman–Crippen LogP) is 3.68. The Balaban J connectivity index is 1.76. The largest absolute Gasteiger partial charge is 0.481 e. The first-order valence-electron chi connectivity index (χ1n) is 8.02. The lowest BCUT2D eigenvalue weighted by Crippen LogP contribution is -2.44. The van der Waals surface area contributed by atoms with Crippen LogP contribution >= 0.6 is 0 Å². The number of aliphatic carboxylic acids is 1. The quantitative estimate of drug-likeness (QED) is 0.919. The molecule has 0 aromatic carbocycles. The molecule has 2 aliphatic rings. The van der Waals surface area contributed by atoms with E-state index in [1.54, 1.807) is 0 Å². The molecule has 2 bridgehead atoms. The molecule has 3 rings (SSSR count). The topological polar surface area (TPSA) is 53.7 Å². The van der Waals surface area contributed by atoms with E-state index in [-0.39, 0.29) is 0 Å². The minimum atomic E-state index is -0.651. The Bertz CT molecular complexity index is 522. The van der Waals surface area contributed by atoms with Crippen molar-refractivity contribution in [2.75, 3.05) is 0 Å². The molecule has 3 atom stereocenters. The molecule has 1 aromatic heterocycles. The fourth-order valence-electron chi connectivity index (χ4n) is 4.60. The second kappa shape index (κ2) is 5.48. The van der Waals surface area contributed by atoms with Gasteiger partial charge >= 0.3 is 5.97 Å². The van der Waals surface area contributed by atoms with E-state index in [1.807, 2.05) is 13.8 Å². The molecule has 3 heterocycles. The van der Waals surface area contributed by atoms with Crippen LogP contribution in [0.5, 0.6) is 0 Å². The van der Waals surface area contributed by atoms with Gasteiger partial charge in [0.2, 0.25) is 0 Å². The number of carboxylic acid groups (broad SMARTS) is 1. The number of carboxylic acids is 1. The zero-order chi connectivity index (χ0) is 15.1. The lowest BCUT2D eigenvalue weighted by Gasteiger charge is -2.42. The standard InChI is InChI=1S/C17H25NO3/c1-10-6-16(12(3)21-10)11(2)18-14-4-5-15(18)8-13(7-14)9-17(19)20/h6,11,13-15H,4-5,7-9H2,1-3H3,(H,19,20). The third kappa shape index (κ3) is 2.73. The maximum Gasteiger partial charge on any atom is 0.303 e. The highest BCUT2D eigenvalue weighted by Gasteiger charge is 2.43. The van der Waals surface area contributed by atoms with Crippen molar-refractivity contribution in [3.63, 3.8) is 0 Å². The fraction of sp³-hybridized carbons (Fsp3) is 0.706. The summed E-state index contributed by atoms with van der Waals surface area (Å²) in [5, 5.41) is 9.02. The second-order valence-electron chi connectivity index (χ2n) is 6.81. The van der Waals surface area contributed by atoms with Crippen LogP contribution in [0.2, 0.25) is 0 Å². The minimum Gasteiger partial charge on any atom is -0.481 e. The first-order chi connectivity index (χ1) is 9.95. The van der Waals surface area contributed by atoms with Gasteiger partial charge in [0.15, 0.2) is 0 Å². The molecule has 0 amide bonds. The second-order valence-corrected chi connectivity index (χ2v) is 6.81. The van der Waals surface area contributed by atoms with Crippen LogP contribution in [0, 0.1) is 19.8 Å². The molecule has 4 nitrogen and oxygen atoms in total. The molecule has 2 fully saturated rings. The summed E-state index contributed by atoms with van der Waals surface area (Å²) in [6.45, 7) is 6.30. The highest BCUT2D eigenvalue weighted by Crippen LogP contribution is 2.45. The van der Waals surface area contributed by atoms with Crippen LogP contribution in [0.25, 0.3) is 0 Å². The molecule has 21 heavy (non-hydrogen) atoms. The maximum absolute atomic E-state index is 11.0. The lowest BCUT2D eigenvalue weighted by molar-refractivity contribution is -0.138. The highest BCUT2D eigenvalue weighted by atomic mass is 16.4. The maximum atomic E-state index is 11.0. The molecule has 4 heteroatoms. The average molecular weight is 291 g/mol. The molecule has 116 valence electrons. The molecule has 0 spiro atoms. The van der Waals surface area contributed by atoms with Gasteiger partial charge in [0.25, 0.3) is 0 Å². The van der Waals surface area contributed by atoms with Crippen molar-refractivity contribution in [1.29, 1.82) is 0 Å². The number of carbonyl (C=O) groups is 1. The van der Waals surface area contributed by atoms with Gasteiger partial charge in [-0.05, 0) is 58.4 Å². The first kappa shape index (κ1) is 14.6. The van der Waals surface area contributed by atoms with Crippen molar-refractivity contribution in [2.24, 2.45) is 5.92 Å². The highest BCUT2D eigenvalue weighted by molar-refractivity contribution is 5.67. The van der Waals surface area contributed by atoms with Crippen molar-refractivity contribution in [3.8, 4) is 0 Å². The summed E-state index contributed by atoms with van der Waals surface area (Å²) in [4.78, 5) is 13.6. The van der Waals surface area contributed by atoms with Crippen LogP contribution < -0.4 is 0 Å². The zero-order valence-corrected chi connectivity index (χ0v) is 13.1. The molecule has 1 aromatic rings. The SMILES string of the molecule is Cc1cc(C(C)N2C3CCC2CC(CC(=O)O)C3)c(C)o1. The number of furan rings is 1. The van der Waals surface area contributed by atoms with Crippen LogP contribution in [0.1, 0.15) is 62.2 Å². The number of aryl methyl sites for hydroxylation is 2. The van der Waals surface area contributed by atoms with E-state index < -0.39 is 5.97 Å². The van der Waals surface area contributed by atoms with Gasteiger partial charge in [-0.15, -0.1) is 0 Å². The Labute approximate surface area is 126 Å². The van der Waals surface area contributed by atoms with Gasteiger partial charge in [0.1, 0.15) is 11.5 Å². The van der Waals surface area contributed by atoms with Crippen molar-refractivity contribution >= 4 is 5.97 Å². The molecule has 0 saturated carbocycles. The Hall–Kier alpha value is -1.29. The first-order valence-corrected chi connectivity index (χ1v) is 8.02. The number of rotatable bonds is 4. The average Bonchev–Trinajstić information content (AvgIpc) is 2.85. The monoisotopic (exact) mass is 291 g/mol. The van der Waals surface area contributed by atoms with Gasteiger partial charge in [0, 0.05) is 30.1 Å². The molecule has 1 N–H and O–H groups in total. The summed E-state index contributed by atoms with van der Waals surface area (Å²) in [5.41, 5.74) is 1.29. The van der Waals surface area contributed by atoms with E-state index in [2.05, 4.69) is 17.9 Å². The smallest absolute Gasteiger partial charge is 0.303 e. The zero-order valence-electron chi connectivity index (χ0n) is 13.1. The number of fused-ring (bicyclic) bond motifs is 2. The summed E-state index contributed by atoms with van der Waals surface area (Å²) in [6.07, 6.45) is 4.81. The third-order valence-corrected chi connectivity index (χ3v) is 5.33. The van der Waals surface area contributed by atoms with E-state index in [0.717, 1.165) is 24.4 Å². The Morgan fingerprint density at radius 1 is 1.38 bits per heavy atom. The Morgan fingerprint density at radius 2 is 2.00 bits per heavy atom. The van der Waals surface area contributed by atoms with E-state index in [0.29, 0.717) is 30.5 Å². The molecule has 0 aliphatic carbocycles. The number of nitrogens with zero attached hydrogens (tertiary/aromatic N) is 1. The van der Waals surface area contributed by atoms with Crippen LogP contribution in [-0.4, -0.2) is 28.1 Å². The van der Waals surface area contributed by atoms with Crippen LogP contribution in [0.15, 0.2) is 10.5 Å². The number of piperidine rings is 1. The predicted molar refractivity (Wildman–Crippen MR) is 80.2 cm³/mol. The summed E-state index contributed by atoms with van der Waals surface area (Å²) in [7, 11) is 0. The van der Waals surface area contributed by atoms with Gasteiger partial charge < -0.3 is 9.52 Å². The third-order valence-electron chi connectivity index (χ3n) is 5.33. The normalized spacial score (nSPS) is 30.5. The molecule has 3 unspecified atom stereocenters. The molecule has 2 saturated heterocycles. The molecular formula is C17H25NO3. The summed E-state index contributed by atoms with van der Waals surface area (Å²) in [5.74, 6) is 1.70.